The van der Waals surface area contributed by atoms with Gasteiger partial charge >= 0.3 is 17.9 Å². The van der Waals surface area contributed by atoms with Crippen LogP contribution >= 0.6 is 0 Å². The fourth-order valence-electron chi connectivity index (χ4n) is 9.53. The van der Waals surface area contributed by atoms with Gasteiger partial charge in [0, 0.05) is 19.3 Å². The van der Waals surface area contributed by atoms with Crippen molar-refractivity contribution in [2.75, 3.05) is 13.2 Å². The Morgan fingerprint density at radius 1 is 0.276 bits per heavy atom. The molecule has 0 spiro atoms. The molecule has 0 aromatic heterocycles. The average Bonchev–Trinajstić information content (AvgIpc) is 3.42. The second-order valence-electron chi connectivity index (χ2n) is 22.0. The molecular weight excluding hydrogens is 937 g/mol. The van der Waals surface area contributed by atoms with Crippen LogP contribution in [0.1, 0.15) is 335 Å². The van der Waals surface area contributed by atoms with Gasteiger partial charge in [-0.3, -0.25) is 14.4 Å². The van der Waals surface area contributed by atoms with Gasteiger partial charge in [0.2, 0.25) is 0 Å². The molecule has 76 heavy (non-hydrogen) atoms. The summed E-state index contributed by atoms with van der Waals surface area (Å²) in [7, 11) is 0. The third-order valence-corrected chi connectivity index (χ3v) is 14.4. The quantitative estimate of drug-likeness (QED) is 0.0261. The molecule has 0 bridgehead atoms. The molecule has 0 rings (SSSR count). The Labute approximate surface area is 472 Å². The Balaban J connectivity index is 4.38. The van der Waals surface area contributed by atoms with Crippen LogP contribution < -0.4 is 0 Å². The summed E-state index contributed by atoms with van der Waals surface area (Å²) in [4.78, 5) is 38.4. The van der Waals surface area contributed by atoms with Crippen molar-refractivity contribution in [2.45, 2.75) is 341 Å². The highest BCUT2D eigenvalue weighted by atomic mass is 16.6. The largest absolute Gasteiger partial charge is 0.462 e. The van der Waals surface area contributed by atoms with Crippen molar-refractivity contribution in [2.24, 2.45) is 0 Å². The lowest BCUT2D eigenvalue weighted by Crippen LogP contribution is -2.30. The summed E-state index contributed by atoms with van der Waals surface area (Å²) >= 11 is 0. The lowest BCUT2D eigenvalue weighted by molar-refractivity contribution is -0.167. The van der Waals surface area contributed by atoms with Crippen molar-refractivity contribution in [3.63, 3.8) is 0 Å². The summed E-state index contributed by atoms with van der Waals surface area (Å²) in [6.07, 6.45) is 83.3. The first-order valence-electron chi connectivity index (χ1n) is 32.9. The molecule has 6 heteroatoms. The lowest BCUT2D eigenvalue weighted by Gasteiger charge is -2.18. The second-order valence-corrected chi connectivity index (χ2v) is 22.0. The van der Waals surface area contributed by atoms with E-state index >= 15 is 0 Å². The highest BCUT2D eigenvalue weighted by Gasteiger charge is 2.19. The maximum absolute atomic E-state index is 12.9. The van der Waals surface area contributed by atoms with Crippen LogP contribution in [0.25, 0.3) is 0 Å². The van der Waals surface area contributed by atoms with E-state index in [0.717, 1.165) is 103 Å². The molecule has 1 atom stereocenters. The van der Waals surface area contributed by atoms with Crippen molar-refractivity contribution < 1.29 is 28.6 Å². The van der Waals surface area contributed by atoms with E-state index in [1.807, 2.05) is 0 Å². The van der Waals surface area contributed by atoms with E-state index < -0.39 is 6.10 Å². The Kier molecular flexibility index (Phi) is 61.7. The van der Waals surface area contributed by atoms with E-state index in [1.54, 1.807) is 0 Å². The SMILES string of the molecule is CC/C=C\C/C=C\C/C=C\CCCCCCCCCC(=O)OCC(COC(=O)CCCCCCCC/C=C\C/C=C\C/C=C\CCCCCCC)OC(=O)CCCCCCCCCCCCCCCCCCCCCC. The minimum atomic E-state index is -0.785. The van der Waals surface area contributed by atoms with Gasteiger partial charge < -0.3 is 14.2 Å². The number of hydrogen-bond donors (Lipinski definition) is 0. The molecule has 0 fully saturated rings. The standard InChI is InChI=1S/C70H124O6/c1-4-7-10-13-16-19-22-25-28-31-33-35-37-39-42-45-48-51-54-57-60-63-69(72)75-66-67(65-74-68(71)62-59-56-53-50-47-44-41-38-30-27-24-21-18-15-12-9-6-3)76-70(73)64-61-58-55-52-49-46-43-40-36-34-32-29-26-23-20-17-14-11-8-5-2/h9,12,18,21-22,25,27,30-31,33,37,39,67H,4-8,10-11,13-17,19-20,23-24,26,28-29,32,34-36,38,40-66H2,1-3H3/b12-9-,21-18-,25-22-,30-27-,33-31-,39-37-. The fraction of sp³-hybridized carbons (Fsp3) is 0.786. The summed E-state index contributed by atoms with van der Waals surface area (Å²) in [5.41, 5.74) is 0. The highest BCUT2D eigenvalue weighted by molar-refractivity contribution is 5.71. The number of carbonyl (C=O) groups excluding carboxylic acids is 3. The first-order chi connectivity index (χ1) is 37.5. The van der Waals surface area contributed by atoms with E-state index in [0.29, 0.717) is 19.3 Å². The van der Waals surface area contributed by atoms with Gasteiger partial charge in [0.1, 0.15) is 13.2 Å². The zero-order valence-corrected chi connectivity index (χ0v) is 50.5. The summed E-state index contributed by atoms with van der Waals surface area (Å²) in [6.45, 7) is 6.55. The highest BCUT2D eigenvalue weighted by Crippen LogP contribution is 2.17. The number of unbranched alkanes of at least 4 members (excludes halogenated alkanes) is 37. The van der Waals surface area contributed by atoms with Crippen LogP contribution in [0.5, 0.6) is 0 Å². The van der Waals surface area contributed by atoms with Gasteiger partial charge in [-0.05, 0) is 89.9 Å². The normalized spacial score (nSPS) is 12.5. The molecule has 0 amide bonds. The predicted molar refractivity (Wildman–Crippen MR) is 330 cm³/mol. The first kappa shape index (κ1) is 72.8. The van der Waals surface area contributed by atoms with Crippen LogP contribution in [-0.2, 0) is 28.6 Å². The number of rotatable bonds is 60. The number of ether oxygens (including phenoxy) is 3. The maximum Gasteiger partial charge on any atom is 0.306 e. The minimum absolute atomic E-state index is 0.0824. The van der Waals surface area contributed by atoms with E-state index in [9.17, 15) is 14.4 Å². The van der Waals surface area contributed by atoms with Crippen LogP contribution in [0.2, 0.25) is 0 Å². The molecule has 0 saturated heterocycles. The van der Waals surface area contributed by atoms with Crippen LogP contribution in [0, 0.1) is 0 Å². The van der Waals surface area contributed by atoms with E-state index in [-0.39, 0.29) is 31.1 Å². The summed E-state index contributed by atoms with van der Waals surface area (Å²) < 4.78 is 17.0. The lowest BCUT2D eigenvalue weighted by atomic mass is 10.0. The monoisotopic (exact) mass is 1060 g/mol. The number of esters is 3. The van der Waals surface area contributed by atoms with Crippen molar-refractivity contribution >= 4 is 17.9 Å². The number of hydrogen-bond acceptors (Lipinski definition) is 6. The zero-order chi connectivity index (χ0) is 55.0. The Morgan fingerprint density at radius 2 is 0.513 bits per heavy atom. The van der Waals surface area contributed by atoms with Gasteiger partial charge in [0.05, 0.1) is 0 Å². The smallest absolute Gasteiger partial charge is 0.306 e. The predicted octanol–water partition coefficient (Wildman–Crippen LogP) is 22.5. The molecule has 1 unspecified atom stereocenters. The van der Waals surface area contributed by atoms with Crippen LogP contribution in [0.4, 0.5) is 0 Å². The molecule has 0 aromatic carbocycles. The van der Waals surface area contributed by atoms with Crippen molar-refractivity contribution in [3.8, 4) is 0 Å². The molecule has 440 valence electrons. The van der Waals surface area contributed by atoms with Crippen molar-refractivity contribution in [3.05, 3.63) is 72.9 Å². The number of allylic oxidation sites excluding steroid dienone is 12. The zero-order valence-electron chi connectivity index (χ0n) is 50.5. The number of carbonyl (C=O) groups is 3. The van der Waals surface area contributed by atoms with Gasteiger partial charge in [0.15, 0.2) is 6.10 Å². The second kappa shape index (κ2) is 64.4. The summed E-state index contributed by atoms with van der Waals surface area (Å²) in [6, 6.07) is 0. The summed E-state index contributed by atoms with van der Waals surface area (Å²) in [5, 5.41) is 0. The van der Waals surface area contributed by atoms with Gasteiger partial charge in [-0.2, -0.15) is 0 Å². The molecular formula is C70H124O6. The summed E-state index contributed by atoms with van der Waals surface area (Å²) in [5.74, 6) is -0.885. The van der Waals surface area contributed by atoms with Crippen molar-refractivity contribution in [1.82, 2.24) is 0 Å². The van der Waals surface area contributed by atoms with Gasteiger partial charge in [-0.1, -0.05) is 299 Å². The third kappa shape index (κ3) is 61.7. The molecule has 0 radical (unpaired) electrons. The Hall–Kier alpha value is -3.15. The molecule has 0 heterocycles. The van der Waals surface area contributed by atoms with Crippen LogP contribution in [0.15, 0.2) is 72.9 Å². The minimum Gasteiger partial charge on any atom is -0.462 e. The van der Waals surface area contributed by atoms with E-state index in [2.05, 4.69) is 93.7 Å². The molecule has 0 aliphatic carbocycles. The topological polar surface area (TPSA) is 78.9 Å². The molecule has 6 nitrogen and oxygen atoms in total. The molecule has 0 aliphatic rings. The van der Waals surface area contributed by atoms with E-state index in [1.165, 1.54) is 193 Å². The Bertz CT molecular complexity index is 1400. The van der Waals surface area contributed by atoms with Crippen LogP contribution in [-0.4, -0.2) is 37.2 Å². The van der Waals surface area contributed by atoms with Crippen molar-refractivity contribution in [1.29, 1.82) is 0 Å². The molecule has 0 N–H and O–H groups in total. The molecule has 0 aromatic rings. The Morgan fingerprint density at radius 3 is 0.803 bits per heavy atom. The maximum atomic E-state index is 12.9. The van der Waals surface area contributed by atoms with E-state index in [4.69, 9.17) is 14.2 Å². The average molecular weight is 1060 g/mol. The first-order valence-corrected chi connectivity index (χ1v) is 32.9. The van der Waals surface area contributed by atoms with Gasteiger partial charge in [-0.15, -0.1) is 0 Å². The molecule has 0 saturated carbocycles. The molecule has 0 aliphatic heterocycles. The fourth-order valence-corrected chi connectivity index (χ4v) is 9.53. The van der Waals surface area contributed by atoms with Crippen LogP contribution in [0.3, 0.4) is 0 Å². The van der Waals surface area contributed by atoms with Gasteiger partial charge in [0.25, 0.3) is 0 Å². The van der Waals surface area contributed by atoms with Gasteiger partial charge in [-0.25, -0.2) is 0 Å². The third-order valence-electron chi connectivity index (χ3n) is 14.4.